The molecule has 0 radical (unpaired) electrons. The standard InChI is InChI=1S/C15H33N3O/c1-6-13(7-2)18(5)12-10-9-11-15(4,14(16)19)17-8-3/h13,17H,6-12H2,1-5H3,(H2,16,19). The van der Waals surface area contributed by atoms with Crippen molar-refractivity contribution in [3.05, 3.63) is 0 Å². The Morgan fingerprint density at radius 1 is 1.26 bits per heavy atom. The molecule has 0 bridgehead atoms. The van der Waals surface area contributed by atoms with E-state index in [-0.39, 0.29) is 5.91 Å². The Bertz CT molecular complexity index is 254. The van der Waals surface area contributed by atoms with Crippen LogP contribution in [0.15, 0.2) is 0 Å². The number of hydrogen-bond acceptors (Lipinski definition) is 3. The third-order valence-electron chi connectivity index (χ3n) is 4.11. The Morgan fingerprint density at radius 2 is 1.84 bits per heavy atom. The van der Waals surface area contributed by atoms with Gasteiger partial charge >= 0.3 is 0 Å². The average Bonchev–Trinajstić information content (AvgIpc) is 2.36. The Balaban J connectivity index is 4.04. The SMILES string of the molecule is CCNC(C)(CCCCN(C)C(CC)CC)C(N)=O. The molecule has 0 spiro atoms. The molecule has 0 saturated heterocycles. The van der Waals surface area contributed by atoms with Gasteiger partial charge in [0.25, 0.3) is 0 Å². The second kappa shape index (κ2) is 9.32. The Hall–Kier alpha value is -0.610. The van der Waals surface area contributed by atoms with Gasteiger partial charge in [-0.3, -0.25) is 4.79 Å². The van der Waals surface area contributed by atoms with Gasteiger partial charge in [0.2, 0.25) is 5.91 Å². The van der Waals surface area contributed by atoms with Crippen molar-refractivity contribution in [3.8, 4) is 0 Å². The minimum absolute atomic E-state index is 0.248. The highest BCUT2D eigenvalue weighted by atomic mass is 16.1. The summed E-state index contributed by atoms with van der Waals surface area (Å²) in [5.74, 6) is -0.248. The number of hydrogen-bond donors (Lipinski definition) is 2. The number of carbonyl (C=O) groups excluding carboxylic acids is 1. The number of carbonyl (C=O) groups is 1. The Labute approximate surface area is 119 Å². The van der Waals surface area contributed by atoms with Crippen molar-refractivity contribution in [2.24, 2.45) is 5.73 Å². The van der Waals surface area contributed by atoms with Gasteiger partial charge in [-0.1, -0.05) is 20.8 Å². The molecule has 1 unspecified atom stereocenters. The maximum absolute atomic E-state index is 11.5. The smallest absolute Gasteiger partial charge is 0.237 e. The molecule has 3 N–H and O–H groups in total. The Morgan fingerprint density at radius 3 is 2.26 bits per heavy atom. The van der Waals surface area contributed by atoms with Gasteiger partial charge < -0.3 is 16.0 Å². The minimum atomic E-state index is -0.553. The quantitative estimate of drug-likeness (QED) is 0.566. The van der Waals surface area contributed by atoms with E-state index in [2.05, 4.69) is 31.1 Å². The topological polar surface area (TPSA) is 58.4 Å². The maximum atomic E-state index is 11.5. The number of amides is 1. The van der Waals surface area contributed by atoms with E-state index in [0.717, 1.165) is 32.4 Å². The first-order valence-electron chi connectivity index (χ1n) is 7.66. The first-order chi connectivity index (χ1) is 8.91. The summed E-state index contributed by atoms with van der Waals surface area (Å²) in [7, 11) is 2.19. The molecule has 0 aromatic rings. The summed E-state index contributed by atoms with van der Waals surface area (Å²) in [5.41, 5.74) is 4.93. The average molecular weight is 271 g/mol. The number of primary amides is 1. The highest BCUT2D eigenvalue weighted by Gasteiger charge is 2.28. The van der Waals surface area contributed by atoms with Gasteiger partial charge in [0, 0.05) is 6.04 Å². The molecule has 1 atom stereocenters. The fourth-order valence-corrected chi connectivity index (χ4v) is 2.62. The highest BCUT2D eigenvalue weighted by Crippen LogP contribution is 2.14. The molecule has 4 nitrogen and oxygen atoms in total. The van der Waals surface area contributed by atoms with Crippen LogP contribution >= 0.6 is 0 Å². The maximum Gasteiger partial charge on any atom is 0.237 e. The van der Waals surface area contributed by atoms with E-state index in [1.807, 2.05) is 13.8 Å². The summed E-state index contributed by atoms with van der Waals surface area (Å²) >= 11 is 0. The van der Waals surface area contributed by atoms with Gasteiger partial charge in [0.15, 0.2) is 0 Å². The monoisotopic (exact) mass is 271 g/mol. The van der Waals surface area contributed by atoms with E-state index in [4.69, 9.17) is 5.73 Å². The summed E-state index contributed by atoms with van der Waals surface area (Å²) < 4.78 is 0. The zero-order valence-corrected chi connectivity index (χ0v) is 13.5. The molecule has 0 saturated carbocycles. The van der Waals surface area contributed by atoms with Crippen molar-refractivity contribution in [2.45, 2.75) is 71.4 Å². The zero-order chi connectivity index (χ0) is 14.9. The molecule has 0 heterocycles. The van der Waals surface area contributed by atoms with E-state index < -0.39 is 5.54 Å². The normalized spacial score (nSPS) is 14.9. The lowest BCUT2D eigenvalue weighted by molar-refractivity contribution is -0.124. The molecule has 0 aliphatic heterocycles. The van der Waals surface area contributed by atoms with Gasteiger partial charge in [-0.15, -0.1) is 0 Å². The molecular weight excluding hydrogens is 238 g/mol. The molecule has 1 amide bonds. The van der Waals surface area contributed by atoms with Crippen molar-refractivity contribution >= 4 is 5.91 Å². The van der Waals surface area contributed by atoms with Gasteiger partial charge in [-0.05, 0) is 59.2 Å². The number of nitrogens with zero attached hydrogens (tertiary/aromatic N) is 1. The Kier molecular flexibility index (Phi) is 9.02. The number of rotatable bonds is 11. The number of likely N-dealkylation sites (N-methyl/N-ethyl adjacent to an activating group) is 1. The van der Waals surface area contributed by atoms with Crippen molar-refractivity contribution in [1.29, 1.82) is 0 Å². The number of nitrogens with one attached hydrogen (secondary N) is 1. The summed E-state index contributed by atoms with van der Waals surface area (Å²) in [6.07, 6.45) is 5.35. The van der Waals surface area contributed by atoms with Crippen molar-refractivity contribution in [3.63, 3.8) is 0 Å². The minimum Gasteiger partial charge on any atom is -0.368 e. The van der Waals surface area contributed by atoms with Crippen LogP contribution in [0.1, 0.15) is 59.8 Å². The number of nitrogens with two attached hydrogens (primary N) is 1. The van der Waals surface area contributed by atoms with Crippen LogP contribution in [0.25, 0.3) is 0 Å². The summed E-state index contributed by atoms with van der Waals surface area (Å²) in [4.78, 5) is 13.9. The van der Waals surface area contributed by atoms with Crippen LogP contribution in [0.5, 0.6) is 0 Å². The fourth-order valence-electron chi connectivity index (χ4n) is 2.62. The lowest BCUT2D eigenvalue weighted by Gasteiger charge is -2.29. The number of unbranched alkanes of at least 4 members (excludes halogenated alkanes) is 1. The molecule has 0 aliphatic rings. The second-order valence-electron chi connectivity index (χ2n) is 5.63. The highest BCUT2D eigenvalue weighted by molar-refractivity contribution is 5.84. The molecular formula is C15H33N3O. The third kappa shape index (κ3) is 6.39. The van der Waals surface area contributed by atoms with Crippen LogP contribution in [-0.2, 0) is 4.79 Å². The van der Waals surface area contributed by atoms with E-state index in [9.17, 15) is 4.79 Å². The van der Waals surface area contributed by atoms with E-state index in [1.165, 1.54) is 12.8 Å². The van der Waals surface area contributed by atoms with Crippen LogP contribution in [0.4, 0.5) is 0 Å². The van der Waals surface area contributed by atoms with Crippen molar-refractivity contribution in [2.75, 3.05) is 20.1 Å². The predicted molar refractivity (Wildman–Crippen MR) is 82.1 cm³/mol. The van der Waals surface area contributed by atoms with Crippen LogP contribution in [0, 0.1) is 0 Å². The lowest BCUT2D eigenvalue weighted by Crippen LogP contribution is -2.53. The molecule has 0 rings (SSSR count). The van der Waals surface area contributed by atoms with Crippen LogP contribution in [0.2, 0.25) is 0 Å². The first-order valence-corrected chi connectivity index (χ1v) is 7.66. The molecule has 4 heteroatoms. The summed E-state index contributed by atoms with van der Waals surface area (Å²) in [6.45, 7) is 10.2. The fraction of sp³-hybridized carbons (Fsp3) is 0.933. The van der Waals surface area contributed by atoms with E-state index in [0.29, 0.717) is 6.04 Å². The van der Waals surface area contributed by atoms with Crippen molar-refractivity contribution in [1.82, 2.24) is 10.2 Å². The predicted octanol–water partition coefficient (Wildman–Crippen LogP) is 2.13. The zero-order valence-electron chi connectivity index (χ0n) is 13.5. The molecule has 0 fully saturated rings. The van der Waals surface area contributed by atoms with Crippen LogP contribution in [0.3, 0.4) is 0 Å². The summed E-state index contributed by atoms with van der Waals surface area (Å²) in [5, 5.41) is 3.20. The molecule has 19 heavy (non-hydrogen) atoms. The van der Waals surface area contributed by atoms with E-state index >= 15 is 0 Å². The largest absolute Gasteiger partial charge is 0.368 e. The van der Waals surface area contributed by atoms with Crippen molar-refractivity contribution < 1.29 is 4.79 Å². The van der Waals surface area contributed by atoms with Gasteiger partial charge in [-0.25, -0.2) is 0 Å². The van der Waals surface area contributed by atoms with Gasteiger partial charge in [-0.2, -0.15) is 0 Å². The first kappa shape index (κ1) is 18.4. The van der Waals surface area contributed by atoms with E-state index in [1.54, 1.807) is 0 Å². The third-order valence-corrected chi connectivity index (χ3v) is 4.11. The summed E-state index contributed by atoms with van der Waals surface area (Å²) in [6, 6.07) is 0.677. The van der Waals surface area contributed by atoms with Gasteiger partial charge in [0.1, 0.15) is 0 Å². The van der Waals surface area contributed by atoms with Crippen LogP contribution in [-0.4, -0.2) is 42.5 Å². The molecule has 0 aromatic carbocycles. The molecule has 114 valence electrons. The molecule has 0 aliphatic carbocycles. The molecule has 0 aromatic heterocycles. The second-order valence-corrected chi connectivity index (χ2v) is 5.63. The van der Waals surface area contributed by atoms with Crippen LogP contribution < -0.4 is 11.1 Å². The van der Waals surface area contributed by atoms with Gasteiger partial charge in [0.05, 0.1) is 5.54 Å². The lowest BCUT2D eigenvalue weighted by atomic mass is 9.93.